The van der Waals surface area contributed by atoms with Gasteiger partial charge in [0.25, 0.3) is 0 Å². The van der Waals surface area contributed by atoms with Crippen molar-refractivity contribution in [3.8, 4) is 0 Å². The molecule has 0 fully saturated rings. The van der Waals surface area contributed by atoms with Gasteiger partial charge in [0, 0.05) is 21.7 Å². The van der Waals surface area contributed by atoms with E-state index in [4.69, 9.17) is 26.0 Å². The Balaban J connectivity index is 2.36. The van der Waals surface area contributed by atoms with Gasteiger partial charge >= 0.3 is 5.97 Å². The molecule has 0 saturated carbocycles. The molecular weight excluding hydrogens is 408 g/mol. The zero-order chi connectivity index (χ0) is 21.9. The molecular formula is C21H21ClN4O4. The first kappa shape index (κ1) is 22.8. The third-order valence-corrected chi connectivity index (χ3v) is 4.08. The lowest BCUT2D eigenvalue weighted by atomic mass is 10.0. The Morgan fingerprint density at radius 1 is 0.933 bits per heavy atom. The van der Waals surface area contributed by atoms with Crippen molar-refractivity contribution in [2.24, 2.45) is 20.5 Å². The molecule has 0 saturated heterocycles. The number of methoxy groups -OCH3 is 1. The maximum Gasteiger partial charge on any atom is 0.360 e. The minimum Gasteiger partial charge on any atom is -0.464 e. The van der Waals surface area contributed by atoms with Gasteiger partial charge in [-0.25, -0.2) is 4.79 Å². The molecule has 0 heterocycles. The van der Waals surface area contributed by atoms with Crippen molar-refractivity contribution in [3.05, 3.63) is 70.2 Å². The summed E-state index contributed by atoms with van der Waals surface area (Å²) >= 11 is 5.94. The van der Waals surface area contributed by atoms with Gasteiger partial charge in [-0.05, 0) is 19.1 Å². The number of ether oxygens (including phenoxy) is 1. The molecule has 156 valence electrons. The highest BCUT2D eigenvalue weighted by atomic mass is 35.5. The van der Waals surface area contributed by atoms with E-state index in [0.29, 0.717) is 27.6 Å². The average Bonchev–Trinajstić information content (AvgIpc) is 2.76. The summed E-state index contributed by atoms with van der Waals surface area (Å²) in [4.78, 5) is 21.7. The zero-order valence-corrected chi connectivity index (χ0v) is 17.8. The minimum absolute atomic E-state index is 0.0190. The van der Waals surface area contributed by atoms with Crippen LogP contribution in [0.2, 0.25) is 5.02 Å². The summed E-state index contributed by atoms with van der Waals surface area (Å²) in [6.07, 6.45) is 1.50. The molecule has 30 heavy (non-hydrogen) atoms. The molecule has 0 bridgehead atoms. The first-order valence-corrected chi connectivity index (χ1v) is 9.13. The van der Waals surface area contributed by atoms with Crippen LogP contribution >= 0.6 is 11.6 Å². The topological polar surface area (TPSA) is 94.2 Å². The number of hydrogen-bond acceptors (Lipinski definition) is 8. The second-order valence-corrected chi connectivity index (χ2v) is 6.20. The van der Waals surface area contributed by atoms with E-state index in [1.807, 2.05) is 12.1 Å². The molecule has 0 N–H and O–H groups in total. The monoisotopic (exact) mass is 428 g/mol. The van der Waals surface area contributed by atoms with Crippen LogP contribution in [0, 0.1) is 0 Å². The first-order valence-electron chi connectivity index (χ1n) is 8.75. The Morgan fingerprint density at radius 3 is 2.20 bits per heavy atom. The predicted molar refractivity (Wildman–Crippen MR) is 118 cm³/mol. The van der Waals surface area contributed by atoms with Gasteiger partial charge in [0.1, 0.15) is 19.9 Å². The van der Waals surface area contributed by atoms with E-state index in [9.17, 15) is 4.79 Å². The van der Waals surface area contributed by atoms with Crippen molar-refractivity contribution in [2.45, 2.75) is 6.92 Å². The molecule has 0 aliphatic carbocycles. The first-order chi connectivity index (χ1) is 14.5. The van der Waals surface area contributed by atoms with Gasteiger partial charge < -0.3 is 14.4 Å². The molecule has 9 heteroatoms. The Morgan fingerprint density at radius 2 is 1.57 bits per heavy atom. The number of nitrogens with zero attached hydrogens (tertiary/aromatic N) is 4. The van der Waals surface area contributed by atoms with E-state index in [2.05, 4.69) is 20.5 Å². The predicted octanol–water partition coefficient (Wildman–Crippen LogP) is 3.71. The molecule has 0 radical (unpaired) electrons. The summed E-state index contributed by atoms with van der Waals surface area (Å²) < 4.78 is 4.77. The second kappa shape index (κ2) is 11.5. The van der Waals surface area contributed by atoms with Crippen LogP contribution in [0.1, 0.15) is 23.6 Å². The third kappa shape index (κ3) is 5.99. The third-order valence-electron chi connectivity index (χ3n) is 3.82. The molecule has 0 aliphatic heterocycles. The van der Waals surface area contributed by atoms with E-state index in [1.54, 1.807) is 43.3 Å². The fourth-order valence-corrected chi connectivity index (χ4v) is 2.59. The largest absolute Gasteiger partial charge is 0.464 e. The Bertz CT molecular complexity index is 998. The number of halogens is 1. The van der Waals surface area contributed by atoms with Gasteiger partial charge in [0.05, 0.1) is 19.0 Å². The minimum atomic E-state index is -0.630. The number of rotatable bonds is 8. The molecule has 2 aromatic rings. The van der Waals surface area contributed by atoms with E-state index in [-0.39, 0.29) is 5.71 Å². The zero-order valence-electron chi connectivity index (χ0n) is 17.0. The van der Waals surface area contributed by atoms with Gasteiger partial charge in [-0.3, -0.25) is 0 Å². The van der Waals surface area contributed by atoms with Crippen LogP contribution in [0.3, 0.4) is 0 Å². The lowest BCUT2D eigenvalue weighted by Crippen LogP contribution is -2.19. The summed E-state index contributed by atoms with van der Waals surface area (Å²) in [7, 11) is 4.07. The van der Waals surface area contributed by atoms with Crippen LogP contribution in [0.5, 0.6) is 0 Å². The number of carbonyl (C=O) groups is 1. The van der Waals surface area contributed by atoms with Crippen LogP contribution in [-0.2, 0) is 19.2 Å². The SMILES string of the molecule is CO/N=C(\C(=O)OC)c1ccccc1/C=N/N=C(C)/C(=N/OC)c1ccc(Cl)cc1. The van der Waals surface area contributed by atoms with Crippen LogP contribution in [0.25, 0.3) is 0 Å². The van der Waals surface area contributed by atoms with Crippen molar-refractivity contribution in [1.29, 1.82) is 0 Å². The van der Waals surface area contributed by atoms with Gasteiger partial charge in [0.15, 0.2) is 5.71 Å². The number of carbonyl (C=O) groups excluding carboxylic acids is 1. The van der Waals surface area contributed by atoms with E-state index in [1.165, 1.54) is 27.5 Å². The molecule has 2 rings (SSSR count). The lowest BCUT2D eigenvalue weighted by Gasteiger charge is -2.07. The molecule has 2 aromatic carbocycles. The molecule has 0 spiro atoms. The van der Waals surface area contributed by atoms with Gasteiger partial charge in [-0.15, -0.1) is 0 Å². The van der Waals surface area contributed by atoms with Crippen molar-refractivity contribution in [3.63, 3.8) is 0 Å². The van der Waals surface area contributed by atoms with Crippen molar-refractivity contribution in [1.82, 2.24) is 0 Å². The summed E-state index contributed by atoms with van der Waals surface area (Å²) in [5, 5.41) is 16.7. The molecule has 8 nitrogen and oxygen atoms in total. The number of benzene rings is 2. The second-order valence-electron chi connectivity index (χ2n) is 5.76. The number of hydrogen-bond donors (Lipinski definition) is 0. The van der Waals surface area contributed by atoms with Crippen LogP contribution in [-0.4, -0.2) is 50.6 Å². The van der Waals surface area contributed by atoms with Crippen LogP contribution < -0.4 is 0 Å². The van der Waals surface area contributed by atoms with Crippen LogP contribution in [0.4, 0.5) is 0 Å². The smallest absolute Gasteiger partial charge is 0.360 e. The maximum atomic E-state index is 12.0. The highest BCUT2D eigenvalue weighted by Gasteiger charge is 2.18. The van der Waals surface area contributed by atoms with Gasteiger partial charge in [-0.1, -0.05) is 58.3 Å². The molecule has 0 aliphatic rings. The van der Waals surface area contributed by atoms with Crippen molar-refractivity contribution < 1.29 is 19.2 Å². The average molecular weight is 429 g/mol. The maximum absolute atomic E-state index is 12.0. The number of oxime groups is 2. The standard InChI is InChI=1S/C21H21ClN4O4/c1-14(19(25-29-3)15-9-11-17(22)12-10-15)24-23-13-16-7-5-6-8-18(16)20(26-30-4)21(27)28-2/h5-13H,1-4H3/b23-13+,24-14+,25-19-,26-20-. The van der Waals surface area contributed by atoms with Crippen molar-refractivity contribution in [2.75, 3.05) is 21.3 Å². The summed E-state index contributed by atoms with van der Waals surface area (Å²) in [5.74, 6) is -0.630. The van der Waals surface area contributed by atoms with Gasteiger partial charge in [-0.2, -0.15) is 10.2 Å². The summed E-state index contributed by atoms with van der Waals surface area (Å²) in [6, 6.07) is 14.1. The fourth-order valence-electron chi connectivity index (χ4n) is 2.46. The van der Waals surface area contributed by atoms with E-state index in [0.717, 1.165) is 5.56 Å². The molecule has 0 unspecified atom stereocenters. The van der Waals surface area contributed by atoms with E-state index < -0.39 is 5.97 Å². The Labute approximate surface area is 179 Å². The fraction of sp³-hybridized carbons (Fsp3) is 0.190. The Kier molecular flexibility index (Phi) is 8.71. The molecule has 0 atom stereocenters. The van der Waals surface area contributed by atoms with E-state index >= 15 is 0 Å². The quantitative estimate of drug-likeness (QED) is 0.364. The Hall–Kier alpha value is -3.52. The summed E-state index contributed by atoms with van der Waals surface area (Å²) in [5.41, 5.74) is 2.92. The van der Waals surface area contributed by atoms with Crippen LogP contribution in [0.15, 0.2) is 69.0 Å². The van der Waals surface area contributed by atoms with Crippen molar-refractivity contribution >= 4 is 40.9 Å². The van der Waals surface area contributed by atoms with Gasteiger partial charge in [0.2, 0.25) is 0 Å². The normalized spacial score (nSPS) is 12.8. The summed E-state index contributed by atoms with van der Waals surface area (Å²) in [6.45, 7) is 1.75. The lowest BCUT2D eigenvalue weighted by molar-refractivity contribution is -0.132. The molecule has 0 aromatic heterocycles. The number of esters is 1. The highest BCUT2D eigenvalue weighted by Crippen LogP contribution is 2.12. The molecule has 0 amide bonds. The highest BCUT2D eigenvalue weighted by molar-refractivity contribution is 6.47.